The highest BCUT2D eigenvalue weighted by molar-refractivity contribution is 5.77. The highest BCUT2D eigenvalue weighted by Gasteiger charge is 2.52. The third kappa shape index (κ3) is 2.17. The molecule has 8 nitrogen and oxygen atoms in total. The Hall–Kier alpha value is -0.770. The second-order valence-electron chi connectivity index (χ2n) is 3.68. The Bertz CT molecular complexity index is 250. The zero-order valence-electron chi connectivity index (χ0n) is 9.17. The van der Waals surface area contributed by atoms with Crippen LogP contribution in [-0.4, -0.2) is 42.2 Å². The van der Waals surface area contributed by atoms with Crippen molar-refractivity contribution in [2.45, 2.75) is 37.4 Å². The second-order valence-corrected chi connectivity index (χ2v) is 3.68. The molecule has 6 N–H and O–H groups in total. The fourth-order valence-electron chi connectivity index (χ4n) is 1.91. The van der Waals surface area contributed by atoms with Crippen molar-refractivity contribution >= 4 is 5.97 Å². The van der Waals surface area contributed by atoms with E-state index < -0.39 is 24.0 Å². The van der Waals surface area contributed by atoms with E-state index in [1.54, 1.807) is 14.0 Å². The van der Waals surface area contributed by atoms with Gasteiger partial charge in [0, 0.05) is 6.42 Å². The van der Waals surface area contributed by atoms with Gasteiger partial charge in [-0.1, -0.05) is 0 Å². The smallest absolute Gasteiger partial charge is 0.386 e. The molecule has 1 rings (SSSR count). The molecular weight excluding hydrogens is 218 g/mol. The second kappa shape index (κ2) is 5.04. The Balaban J connectivity index is 2.88. The minimum Gasteiger partial charge on any atom is -0.391 e. The van der Waals surface area contributed by atoms with Gasteiger partial charge in [-0.3, -0.25) is 4.84 Å². The van der Waals surface area contributed by atoms with Gasteiger partial charge >= 0.3 is 5.97 Å². The molecule has 1 aliphatic rings. The van der Waals surface area contributed by atoms with Gasteiger partial charge in [0.15, 0.2) is 0 Å². The van der Waals surface area contributed by atoms with Crippen LogP contribution in [0.4, 0.5) is 0 Å². The summed E-state index contributed by atoms with van der Waals surface area (Å²) in [5, 5.41) is 12.7. The average molecular weight is 235 g/mol. The molecule has 8 heteroatoms. The Morgan fingerprint density at radius 1 is 1.62 bits per heavy atom. The third-order valence-electron chi connectivity index (χ3n) is 2.72. The van der Waals surface area contributed by atoms with E-state index in [1.165, 1.54) is 0 Å². The predicted octanol–water partition coefficient (Wildman–Crippen LogP) is -2.25. The van der Waals surface area contributed by atoms with Gasteiger partial charge in [-0.2, -0.15) is 5.90 Å². The first-order chi connectivity index (χ1) is 7.50. The number of ether oxygens (including phenoxy) is 1. The first kappa shape index (κ1) is 13.3. The van der Waals surface area contributed by atoms with Crippen LogP contribution in [0.5, 0.6) is 0 Å². The Kier molecular flexibility index (Phi) is 4.19. The number of aliphatic hydroxyl groups excluding tert-OH is 1. The lowest BCUT2D eigenvalue weighted by Crippen LogP contribution is -2.63. The summed E-state index contributed by atoms with van der Waals surface area (Å²) in [4.78, 5) is 19.9. The molecule has 1 heterocycles. The molecule has 0 amide bonds. The Morgan fingerprint density at radius 3 is 2.62 bits per heavy atom. The summed E-state index contributed by atoms with van der Waals surface area (Å²) in [6.07, 6.45) is -1.51. The van der Waals surface area contributed by atoms with Crippen molar-refractivity contribution in [1.29, 1.82) is 0 Å². The quantitative estimate of drug-likeness (QED) is 0.404. The largest absolute Gasteiger partial charge is 0.391 e. The molecule has 0 aromatic heterocycles. The van der Waals surface area contributed by atoms with E-state index in [0.29, 0.717) is 0 Å². The summed E-state index contributed by atoms with van der Waals surface area (Å²) in [7, 11) is 1.67. The van der Waals surface area contributed by atoms with Crippen molar-refractivity contribution < 1.29 is 24.3 Å². The lowest BCUT2D eigenvalue weighted by atomic mass is 9.94. The van der Waals surface area contributed by atoms with Crippen LogP contribution >= 0.6 is 0 Å². The number of rotatable bonds is 3. The fourth-order valence-corrected chi connectivity index (χ4v) is 1.91. The normalized spacial score (nSPS) is 39.4. The van der Waals surface area contributed by atoms with Gasteiger partial charge in [-0.25, -0.2) is 10.7 Å². The molecule has 0 radical (unpaired) electrons. The summed E-state index contributed by atoms with van der Waals surface area (Å²) < 4.78 is 5.33. The third-order valence-corrected chi connectivity index (χ3v) is 2.72. The topological polar surface area (TPSA) is 129 Å². The van der Waals surface area contributed by atoms with Crippen molar-refractivity contribution in [2.75, 3.05) is 7.05 Å². The van der Waals surface area contributed by atoms with Crippen LogP contribution in [0.2, 0.25) is 0 Å². The molecule has 0 aromatic carbocycles. The van der Waals surface area contributed by atoms with Gasteiger partial charge in [-0.05, 0) is 14.0 Å². The van der Waals surface area contributed by atoms with Gasteiger partial charge in [0.05, 0.1) is 18.2 Å². The molecule has 0 spiro atoms. The summed E-state index contributed by atoms with van der Waals surface area (Å²) in [6.45, 7) is 1.67. The van der Waals surface area contributed by atoms with E-state index in [0.717, 1.165) is 0 Å². The zero-order chi connectivity index (χ0) is 12.3. The first-order valence-electron chi connectivity index (χ1n) is 4.83. The molecule has 1 fully saturated rings. The summed E-state index contributed by atoms with van der Waals surface area (Å²) in [5.41, 5.74) is 0. The van der Waals surface area contributed by atoms with E-state index in [1.807, 2.05) is 0 Å². The molecule has 1 aliphatic heterocycles. The minimum atomic E-state index is -1.85. The van der Waals surface area contributed by atoms with E-state index in [2.05, 4.69) is 15.0 Å². The fraction of sp³-hybridized carbons (Fsp3) is 0.875. The maximum atomic E-state index is 11.4. The zero-order valence-corrected chi connectivity index (χ0v) is 9.17. The highest BCUT2D eigenvalue weighted by atomic mass is 16.8. The molecule has 0 aliphatic carbocycles. The first-order valence-corrected chi connectivity index (χ1v) is 4.83. The number of hydrogen-bond acceptors (Lipinski definition) is 8. The molecule has 16 heavy (non-hydrogen) atoms. The van der Waals surface area contributed by atoms with E-state index >= 15 is 0 Å². The number of hydrogen-bond donors (Lipinski definition) is 4. The molecule has 4 unspecified atom stereocenters. The average Bonchev–Trinajstić information content (AvgIpc) is 2.27. The molecule has 0 bridgehead atoms. The molecular formula is C8H17N3O5. The standard InChI is InChI=1S/C8H17N3O5/c1-4-6(11-2)5(12)3-8(14-4,16-10)7(13)15-9/h4-6,11-12H,3,9-10H2,1-2H3. The Morgan fingerprint density at radius 2 is 2.25 bits per heavy atom. The monoisotopic (exact) mass is 235 g/mol. The maximum absolute atomic E-state index is 11.4. The number of carbonyl (C=O) groups is 1. The Labute approximate surface area is 92.7 Å². The van der Waals surface area contributed by atoms with Gasteiger partial charge < -0.3 is 20.0 Å². The van der Waals surface area contributed by atoms with E-state index in [9.17, 15) is 9.90 Å². The van der Waals surface area contributed by atoms with Crippen LogP contribution in [0.15, 0.2) is 0 Å². The van der Waals surface area contributed by atoms with Crippen molar-refractivity contribution in [3.63, 3.8) is 0 Å². The van der Waals surface area contributed by atoms with E-state index in [-0.39, 0.29) is 12.5 Å². The van der Waals surface area contributed by atoms with Crippen molar-refractivity contribution in [3.05, 3.63) is 0 Å². The van der Waals surface area contributed by atoms with Crippen molar-refractivity contribution in [2.24, 2.45) is 11.8 Å². The van der Waals surface area contributed by atoms with Gasteiger partial charge in [0.25, 0.3) is 5.79 Å². The van der Waals surface area contributed by atoms with Crippen LogP contribution in [0.1, 0.15) is 13.3 Å². The number of likely N-dealkylation sites (N-methyl/N-ethyl adjacent to an activating group) is 1. The summed E-state index contributed by atoms with van der Waals surface area (Å²) in [6, 6.07) is -0.325. The molecule has 4 atom stereocenters. The minimum absolute atomic E-state index is 0.157. The van der Waals surface area contributed by atoms with Gasteiger partial charge in [0.2, 0.25) is 0 Å². The number of nitrogens with two attached hydrogens (primary N) is 2. The molecule has 0 aromatic rings. The van der Waals surface area contributed by atoms with Crippen LogP contribution in [0, 0.1) is 0 Å². The van der Waals surface area contributed by atoms with Gasteiger partial charge in [-0.15, -0.1) is 0 Å². The maximum Gasteiger partial charge on any atom is 0.386 e. The highest BCUT2D eigenvalue weighted by Crippen LogP contribution is 2.30. The molecule has 0 saturated carbocycles. The van der Waals surface area contributed by atoms with Crippen molar-refractivity contribution in [3.8, 4) is 0 Å². The SMILES string of the molecule is CNC1C(O)CC(ON)(C(=O)ON)OC1C. The van der Waals surface area contributed by atoms with Crippen LogP contribution in [-0.2, 0) is 19.2 Å². The van der Waals surface area contributed by atoms with Crippen LogP contribution in [0.3, 0.4) is 0 Å². The van der Waals surface area contributed by atoms with Crippen LogP contribution < -0.4 is 17.1 Å². The van der Waals surface area contributed by atoms with Gasteiger partial charge in [0.1, 0.15) is 0 Å². The van der Waals surface area contributed by atoms with Crippen molar-refractivity contribution in [1.82, 2.24) is 5.32 Å². The summed E-state index contributed by atoms with van der Waals surface area (Å²) >= 11 is 0. The molecule has 94 valence electrons. The number of aliphatic hydroxyl groups is 1. The lowest BCUT2D eigenvalue weighted by Gasteiger charge is -2.42. The number of nitrogens with one attached hydrogen (secondary N) is 1. The predicted molar refractivity (Wildman–Crippen MR) is 52.3 cm³/mol. The molecule has 1 saturated heterocycles. The lowest BCUT2D eigenvalue weighted by molar-refractivity contribution is -0.297. The van der Waals surface area contributed by atoms with E-state index in [4.69, 9.17) is 16.5 Å². The number of carbonyl (C=O) groups excluding carboxylic acids is 1. The summed E-state index contributed by atoms with van der Waals surface area (Å²) in [5.74, 6) is 6.95. The van der Waals surface area contributed by atoms with Crippen LogP contribution in [0.25, 0.3) is 0 Å².